The van der Waals surface area contributed by atoms with Crippen molar-refractivity contribution in [2.45, 2.75) is 18.6 Å². The molecule has 0 amide bonds. The summed E-state index contributed by atoms with van der Waals surface area (Å²) in [5.41, 5.74) is 5.61. The number of nitrogens with two attached hydrogens (primary N) is 1. The lowest BCUT2D eigenvalue weighted by atomic mass is 10.0. The van der Waals surface area contributed by atoms with Gasteiger partial charge in [0.1, 0.15) is 11.3 Å². The summed E-state index contributed by atoms with van der Waals surface area (Å²) in [6.07, 6.45) is -0.875. The second-order valence-corrected chi connectivity index (χ2v) is 4.04. The fraction of sp³-hybridized carbons (Fsp3) is 0.455. The van der Waals surface area contributed by atoms with Gasteiger partial charge in [-0.2, -0.15) is 0 Å². The molecule has 0 fully saturated rings. The topological polar surface area (TPSA) is 106 Å². The summed E-state index contributed by atoms with van der Waals surface area (Å²) in [6, 6.07) is 1.34. The van der Waals surface area contributed by atoms with Gasteiger partial charge in [0.15, 0.2) is 0 Å². The molecule has 1 heterocycles. The van der Waals surface area contributed by atoms with Gasteiger partial charge in [-0.25, -0.2) is 9.78 Å². The average molecular weight is 275 g/mol. The molecule has 100 valence electrons. The van der Waals surface area contributed by atoms with Gasteiger partial charge >= 0.3 is 5.97 Å². The molecule has 1 aromatic rings. The Morgan fingerprint density at radius 3 is 2.83 bits per heavy atom. The Hall–Kier alpha value is -1.21. The van der Waals surface area contributed by atoms with Crippen molar-refractivity contribution in [3.05, 3.63) is 28.5 Å². The van der Waals surface area contributed by atoms with Crippen molar-refractivity contribution in [1.82, 2.24) is 4.98 Å². The number of hydrogen-bond acceptors (Lipinski definition) is 6. The number of nitrogens with zero attached hydrogens (tertiary/aromatic N) is 1. The van der Waals surface area contributed by atoms with Gasteiger partial charge in [0.25, 0.3) is 0 Å². The van der Waals surface area contributed by atoms with Crippen LogP contribution in [0.2, 0.25) is 5.15 Å². The Kier molecular flexibility index (Phi) is 5.49. The lowest BCUT2D eigenvalue weighted by Crippen LogP contribution is -2.22. The van der Waals surface area contributed by atoms with Gasteiger partial charge in [0.2, 0.25) is 0 Å². The molecule has 2 unspecified atom stereocenters. The van der Waals surface area contributed by atoms with Crippen molar-refractivity contribution in [2.75, 3.05) is 13.7 Å². The fourth-order valence-electron chi connectivity index (χ4n) is 1.44. The van der Waals surface area contributed by atoms with Crippen molar-refractivity contribution in [1.29, 1.82) is 0 Å². The van der Waals surface area contributed by atoms with Gasteiger partial charge in [0.05, 0.1) is 18.8 Å². The minimum Gasteiger partial charge on any atom is -0.465 e. The highest BCUT2D eigenvalue weighted by molar-refractivity contribution is 6.30. The maximum atomic E-state index is 11.3. The number of aromatic nitrogens is 1. The van der Waals surface area contributed by atoms with E-state index in [4.69, 9.17) is 17.3 Å². The molecule has 0 radical (unpaired) electrons. The van der Waals surface area contributed by atoms with Crippen LogP contribution in [0.25, 0.3) is 0 Å². The summed E-state index contributed by atoms with van der Waals surface area (Å²) < 4.78 is 4.53. The summed E-state index contributed by atoms with van der Waals surface area (Å²) in [5, 5.41) is 19.6. The smallest absolute Gasteiger partial charge is 0.339 e. The molecule has 0 aliphatic carbocycles. The molecule has 7 heteroatoms. The van der Waals surface area contributed by atoms with Crippen LogP contribution in [0.3, 0.4) is 0 Å². The zero-order valence-electron chi connectivity index (χ0n) is 9.84. The van der Waals surface area contributed by atoms with Crippen LogP contribution in [0.5, 0.6) is 0 Å². The van der Waals surface area contributed by atoms with Crippen molar-refractivity contribution in [3.63, 3.8) is 0 Å². The normalized spacial score (nSPS) is 14.1. The molecule has 0 aliphatic heterocycles. The maximum absolute atomic E-state index is 11.3. The largest absolute Gasteiger partial charge is 0.465 e. The third-order valence-corrected chi connectivity index (χ3v) is 2.75. The van der Waals surface area contributed by atoms with Crippen molar-refractivity contribution >= 4 is 17.6 Å². The van der Waals surface area contributed by atoms with Crippen LogP contribution in [0.4, 0.5) is 0 Å². The third kappa shape index (κ3) is 3.39. The predicted molar refractivity (Wildman–Crippen MR) is 65.2 cm³/mol. The monoisotopic (exact) mass is 274 g/mol. The summed E-state index contributed by atoms with van der Waals surface area (Å²) >= 11 is 5.82. The predicted octanol–water partition coefficient (Wildman–Crippen LogP) is 0.265. The minimum atomic E-state index is -1.25. The van der Waals surface area contributed by atoms with E-state index in [-0.39, 0.29) is 29.2 Å². The molecule has 2 atom stereocenters. The molecule has 18 heavy (non-hydrogen) atoms. The molecular weight excluding hydrogens is 260 g/mol. The van der Waals surface area contributed by atoms with E-state index in [1.807, 2.05) is 0 Å². The molecule has 1 aromatic heterocycles. The van der Waals surface area contributed by atoms with Crippen LogP contribution in [-0.2, 0) is 4.74 Å². The molecule has 0 saturated carbocycles. The number of ether oxygens (including phenoxy) is 1. The summed E-state index contributed by atoms with van der Waals surface area (Å²) in [6.45, 7) is 0.222. The Morgan fingerprint density at radius 2 is 2.28 bits per heavy atom. The Balaban J connectivity index is 3.03. The molecule has 0 aromatic carbocycles. The summed E-state index contributed by atoms with van der Waals surface area (Å²) in [7, 11) is 1.23. The van der Waals surface area contributed by atoms with Gasteiger partial charge in [-0.1, -0.05) is 11.6 Å². The Labute approximate surface area is 109 Å². The number of aliphatic hydroxyl groups excluding tert-OH is 2. The van der Waals surface area contributed by atoms with E-state index in [1.165, 1.54) is 19.4 Å². The first-order valence-electron chi connectivity index (χ1n) is 5.31. The zero-order chi connectivity index (χ0) is 13.7. The molecule has 6 nitrogen and oxygen atoms in total. The van der Waals surface area contributed by atoms with Gasteiger partial charge in [-0.15, -0.1) is 0 Å². The van der Waals surface area contributed by atoms with E-state index in [0.29, 0.717) is 0 Å². The van der Waals surface area contributed by atoms with E-state index in [1.54, 1.807) is 0 Å². The number of pyridine rings is 1. The summed E-state index contributed by atoms with van der Waals surface area (Å²) in [4.78, 5) is 15.1. The van der Waals surface area contributed by atoms with Crippen LogP contribution >= 0.6 is 11.6 Å². The van der Waals surface area contributed by atoms with E-state index in [2.05, 4.69) is 9.72 Å². The first-order valence-corrected chi connectivity index (χ1v) is 5.69. The van der Waals surface area contributed by atoms with E-state index < -0.39 is 18.2 Å². The second kappa shape index (κ2) is 6.65. The maximum Gasteiger partial charge on any atom is 0.339 e. The molecule has 0 saturated heterocycles. The number of carbonyl (C=O) groups is 1. The molecule has 1 rings (SSSR count). The Morgan fingerprint density at radius 1 is 1.61 bits per heavy atom. The van der Waals surface area contributed by atoms with E-state index >= 15 is 0 Å². The van der Waals surface area contributed by atoms with Crippen LogP contribution in [0.1, 0.15) is 28.4 Å². The number of rotatable bonds is 5. The van der Waals surface area contributed by atoms with Gasteiger partial charge in [-0.05, 0) is 19.0 Å². The first-order chi connectivity index (χ1) is 8.51. The van der Waals surface area contributed by atoms with Crippen LogP contribution < -0.4 is 5.73 Å². The third-order valence-electron chi connectivity index (χ3n) is 2.43. The Bertz CT molecular complexity index is 428. The first kappa shape index (κ1) is 14.8. The quantitative estimate of drug-likeness (QED) is 0.525. The molecule has 0 spiro atoms. The lowest BCUT2D eigenvalue weighted by molar-refractivity contribution is 0.0148. The lowest BCUT2D eigenvalue weighted by Gasteiger charge is -2.18. The van der Waals surface area contributed by atoms with E-state index in [9.17, 15) is 15.0 Å². The van der Waals surface area contributed by atoms with Crippen LogP contribution in [0.15, 0.2) is 12.3 Å². The average Bonchev–Trinajstić information content (AvgIpc) is 2.37. The molecule has 0 aliphatic rings. The van der Waals surface area contributed by atoms with Gasteiger partial charge in [0, 0.05) is 11.8 Å². The highest BCUT2D eigenvalue weighted by Gasteiger charge is 2.22. The summed E-state index contributed by atoms with van der Waals surface area (Å²) in [5.74, 6) is -0.596. The van der Waals surface area contributed by atoms with Gasteiger partial charge in [-0.3, -0.25) is 0 Å². The standard InChI is InChI=1S/C11H15ClN2O4/c1-18-11(17)6-4-7(10(12)14-5-6)9(16)8(15)2-3-13/h4-5,8-9,15-16H,2-3,13H2,1H3. The second-order valence-electron chi connectivity index (χ2n) is 3.69. The number of aliphatic hydroxyl groups is 2. The van der Waals surface area contributed by atoms with Crippen LogP contribution in [0, 0.1) is 0 Å². The molecule has 4 N–H and O–H groups in total. The SMILES string of the molecule is COC(=O)c1cnc(Cl)c(C(O)C(O)CCN)c1. The molecule has 0 bridgehead atoms. The highest BCUT2D eigenvalue weighted by atomic mass is 35.5. The fourth-order valence-corrected chi connectivity index (χ4v) is 1.65. The van der Waals surface area contributed by atoms with Crippen molar-refractivity contribution in [2.24, 2.45) is 5.73 Å². The van der Waals surface area contributed by atoms with Crippen LogP contribution in [-0.4, -0.2) is 40.9 Å². The van der Waals surface area contributed by atoms with Gasteiger partial charge < -0.3 is 20.7 Å². The number of halogens is 1. The number of esters is 1. The number of hydrogen-bond donors (Lipinski definition) is 3. The zero-order valence-corrected chi connectivity index (χ0v) is 10.6. The minimum absolute atomic E-state index is 0.0197. The highest BCUT2D eigenvalue weighted by Crippen LogP contribution is 2.25. The van der Waals surface area contributed by atoms with Crippen molar-refractivity contribution < 1.29 is 19.7 Å². The number of methoxy groups -OCH3 is 1. The van der Waals surface area contributed by atoms with E-state index in [0.717, 1.165) is 0 Å². The van der Waals surface area contributed by atoms with Crippen molar-refractivity contribution in [3.8, 4) is 0 Å². The molecular formula is C11H15ClN2O4. The number of carbonyl (C=O) groups excluding carboxylic acids is 1.